The SMILES string of the molecule is Cc1nc(C)c(C(=O)NCCC2=CCNCC2)o1. The molecule has 0 saturated carbocycles. The Morgan fingerprint density at radius 2 is 2.39 bits per heavy atom. The van der Waals surface area contributed by atoms with Crippen LogP contribution in [0.1, 0.15) is 35.0 Å². The summed E-state index contributed by atoms with van der Waals surface area (Å²) in [5.41, 5.74) is 2.05. The van der Waals surface area contributed by atoms with E-state index in [1.54, 1.807) is 13.8 Å². The zero-order valence-corrected chi connectivity index (χ0v) is 10.9. The quantitative estimate of drug-likeness (QED) is 0.790. The third kappa shape index (κ3) is 3.20. The Balaban J connectivity index is 1.81. The van der Waals surface area contributed by atoms with Crippen LogP contribution in [0.2, 0.25) is 0 Å². The molecule has 0 saturated heterocycles. The van der Waals surface area contributed by atoms with E-state index < -0.39 is 0 Å². The summed E-state index contributed by atoms with van der Waals surface area (Å²) in [7, 11) is 0. The number of aromatic nitrogens is 1. The second-order valence-corrected chi connectivity index (χ2v) is 4.47. The zero-order valence-electron chi connectivity index (χ0n) is 10.9. The molecule has 2 rings (SSSR count). The van der Waals surface area contributed by atoms with Gasteiger partial charge in [0.1, 0.15) is 0 Å². The normalized spacial score (nSPS) is 15.3. The van der Waals surface area contributed by atoms with Gasteiger partial charge in [-0.2, -0.15) is 0 Å². The molecule has 1 aliphatic rings. The largest absolute Gasteiger partial charge is 0.436 e. The highest BCUT2D eigenvalue weighted by Gasteiger charge is 2.15. The van der Waals surface area contributed by atoms with Crippen molar-refractivity contribution in [2.45, 2.75) is 26.7 Å². The molecule has 5 heteroatoms. The summed E-state index contributed by atoms with van der Waals surface area (Å²) in [5, 5.41) is 6.13. The van der Waals surface area contributed by atoms with Gasteiger partial charge in [0.2, 0.25) is 5.76 Å². The number of rotatable bonds is 4. The molecule has 0 aromatic carbocycles. The molecule has 1 aliphatic heterocycles. The van der Waals surface area contributed by atoms with E-state index in [1.165, 1.54) is 5.57 Å². The molecule has 0 fully saturated rings. The molecule has 5 nitrogen and oxygen atoms in total. The van der Waals surface area contributed by atoms with Gasteiger partial charge >= 0.3 is 0 Å². The van der Waals surface area contributed by atoms with Crippen molar-refractivity contribution in [3.63, 3.8) is 0 Å². The fourth-order valence-electron chi connectivity index (χ4n) is 2.06. The smallest absolute Gasteiger partial charge is 0.289 e. The maximum Gasteiger partial charge on any atom is 0.289 e. The maximum atomic E-state index is 11.8. The third-order valence-electron chi connectivity index (χ3n) is 3.00. The second-order valence-electron chi connectivity index (χ2n) is 4.47. The highest BCUT2D eigenvalue weighted by Crippen LogP contribution is 2.10. The Labute approximate surface area is 107 Å². The maximum absolute atomic E-state index is 11.8. The predicted octanol–water partition coefficient (Wildman–Crippen LogP) is 1.33. The molecule has 18 heavy (non-hydrogen) atoms. The van der Waals surface area contributed by atoms with Crippen LogP contribution < -0.4 is 10.6 Å². The lowest BCUT2D eigenvalue weighted by Gasteiger charge is -2.13. The van der Waals surface area contributed by atoms with Crippen LogP contribution in [-0.2, 0) is 0 Å². The van der Waals surface area contributed by atoms with Crippen LogP contribution >= 0.6 is 0 Å². The molecule has 0 spiro atoms. The lowest BCUT2D eigenvalue weighted by molar-refractivity contribution is 0.0924. The summed E-state index contributed by atoms with van der Waals surface area (Å²) >= 11 is 0. The summed E-state index contributed by atoms with van der Waals surface area (Å²) in [6, 6.07) is 0. The molecular weight excluding hydrogens is 230 g/mol. The Morgan fingerprint density at radius 3 is 3.00 bits per heavy atom. The molecule has 0 radical (unpaired) electrons. The van der Waals surface area contributed by atoms with Crippen molar-refractivity contribution in [2.24, 2.45) is 0 Å². The molecule has 2 N–H and O–H groups in total. The van der Waals surface area contributed by atoms with Crippen molar-refractivity contribution in [2.75, 3.05) is 19.6 Å². The van der Waals surface area contributed by atoms with E-state index in [2.05, 4.69) is 21.7 Å². The monoisotopic (exact) mass is 249 g/mol. The molecule has 0 bridgehead atoms. The van der Waals surface area contributed by atoms with Crippen molar-refractivity contribution < 1.29 is 9.21 Å². The first-order valence-corrected chi connectivity index (χ1v) is 6.27. The minimum absolute atomic E-state index is 0.178. The fourth-order valence-corrected chi connectivity index (χ4v) is 2.06. The van der Waals surface area contributed by atoms with Gasteiger partial charge in [0.15, 0.2) is 5.89 Å². The van der Waals surface area contributed by atoms with E-state index in [0.717, 1.165) is 25.9 Å². The summed E-state index contributed by atoms with van der Waals surface area (Å²) in [4.78, 5) is 15.9. The molecule has 98 valence electrons. The van der Waals surface area contributed by atoms with Gasteiger partial charge in [0.25, 0.3) is 5.91 Å². The number of hydrogen-bond donors (Lipinski definition) is 2. The Kier molecular flexibility index (Phi) is 4.15. The van der Waals surface area contributed by atoms with E-state index in [9.17, 15) is 4.79 Å². The lowest BCUT2D eigenvalue weighted by Crippen LogP contribution is -2.26. The molecule has 1 aromatic rings. The molecule has 1 amide bonds. The van der Waals surface area contributed by atoms with Gasteiger partial charge in [0.05, 0.1) is 5.69 Å². The van der Waals surface area contributed by atoms with Crippen molar-refractivity contribution in [3.05, 3.63) is 29.0 Å². The van der Waals surface area contributed by atoms with E-state index in [4.69, 9.17) is 4.42 Å². The van der Waals surface area contributed by atoms with Gasteiger partial charge in [-0.25, -0.2) is 4.98 Å². The van der Waals surface area contributed by atoms with E-state index in [0.29, 0.717) is 23.9 Å². The average Bonchev–Trinajstić information content (AvgIpc) is 2.70. The minimum atomic E-state index is -0.178. The Hall–Kier alpha value is -1.62. The van der Waals surface area contributed by atoms with E-state index in [-0.39, 0.29) is 5.91 Å². The number of carbonyl (C=O) groups excluding carboxylic acids is 1. The fraction of sp³-hybridized carbons (Fsp3) is 0.538. The van der Waals surface area contributed by atoms with Gasteiger partial charge < -0.3 is 15.1 Å². The van der Waals surface area contributed by atoms with Gasteiger partial charge in [-0.05, 0) is 26.3 Å². The third-order valence-corrected chi connectivity index (χ3v) is 3.00. The van der Waals surface area contributed by atoms with Crippen LogP contribution in [0.15, 0.2) is 16.1 Å². The van der Waals surface area contributed by atoms with E-state index >= 15 is 0 Å². The van der Waals surface area contributed by atoms with Gasteiger partial charge in [-0.3, -0.25) is 4.79 Å². The van der Waals surface area contributed by atoms with Crippen LogP contribution in [0, 0.1) is 13.8 Å². The van der Waals surface area contributed by atoms with Crippen LogP contribution in [0.3, 0.4) is 0 Å². The highest BCUT2D eigenvalue weighted by molar-refractivity contribution is 5.92. The number of hydrogen-bond acceptors (Lipinski definition) is 4. The molecule has 0 unspecified atom stereocenters. The molecule has 2 heterocycles. The highest BCUT2D eigenvalue weighted by atomic mass is 16.4. The standard InChI is InChI=1S/C13H19N3O2/c1-9-12(18-10(2)16-9)13(17)15-8-5-11-3-6-14-7-4-11/h3,14H,4-8H2,1-2H3,(H,15,17). The summed E-state index contributed by atoms with van der Waals surface area (Å²) in [6.45, 7) is 6.12. The van der Waals surface area contributed by atoms with Gasteiger partial charge in [0, 0.05) is 20.0 Å². The second kappa shape index (κ2) is 5.82. The predicted molar refractivity (Wildman–Crippen MR) is 68.5 cm³/mol. The van der Waals surface area contributed by atoms with Gasteiger partial charge in [-0.15, -0.1) is 0 Å². The Bertz CT molecular complexity index is 463. The number of amides is 1. The minimum Gasteiger partial charge on any atom is -0.436 e. The van der Waals surface area contributed by atoms with Crippen LogP contribution in [0.5, 0.6) is 0 Å². The average molecular weight is 249 g/mol. The number of aryl methyl sites for hydroxylation is 2. The molecular formula is C13H19N3O2. The summed E-state index contributed by atoms with van der Waals surface area (Å²) in [6.07, 6.45) is 4.16. The summed E-state index contributed by atoms with van der Waals surface area (Å²) < 4.78 is 5.27. The number of oxazole rings is 1. The summed E-state index contributed by atoms with van der Waals surface area (Å²) in [5.74, 6) is 0.674. The first kappa shape index (κ1) is 12.8. The van der Waals surface area contributed by atoms with Crippen LogP contribution in [0.4, 0.5) is 0 Å². The van der Waals surface area contributed by atoms with Crippen molar-refractivity contribution in [1.82, 2.24) is 15.6 Å². The molecule has 1 aromatic heterocycles. The molecule has 0 aliphatic carbocycles. The van der Waals surface area contributed by atoms with Crippen LogP contribution in [-0.4, -0.2) is 30.5 Å². The first-order chi connectivity index (χ1) is 8.66. The number of carbonyl (C=O) groups is 1. The Morgan fingerprint density at radius 1 is 1.56 bits per heavy atom. The van der Waals surface area contributed by atoms with Crippen molar-refractivity contribution in [3.8, 4) is 0 Å². The van der Waals surface area contributed by atoms with Crippen molar-refractivity contribution >= 4 is 5.91 Å². The van der Waals surface area contributed by atoms with Crippen LogP contribution in [0.25, 0.3) is 0 Å². The zero-order chi connectivity index (χ0) is 13.0. The number of nitrogens with one attached hydrogen (secondary N) is 2. The first-order valence-electron chi connectivity index (χ1n) is 6.27. The van der Waals surface area contributed by atoms with E-state index in [1.807, 2.05) is 0 Å². The van der Waals surface area contributed by atoms with Gasteiger partial charge in [-0.1, -0.05) is 11.6 Å². The molecule has 0 atom stereocenters. The number of nitrogens with zero attached hydrogens (tertiary/aromatic N) is 1. The topological polar surface area (TPSA) is 67.2 Å². The lowest BCUT2D eigenvalue weighted by atomic mass is 10.1. The van der Waals surface area contributed by atoms with Crippen molar-refractivity contribution in [1.29, 1.82) is 0 Å².